The van der Waals surface area contributed by atoms with Gasteiger partial charge in [-0.2, -0.15) is 13.2 Å². The molecule has 1 aromatic carbocycles. The first-order valence-corrected chi connectivity index (χ1v) is 5.95. The summed E-state index contributed by atoms with van der Waals surface area (Å²) in [5.41, 5.74) is -1.34. The van der Waals surface area contributed by atoms with Crippen LogP contribution in [0.2, 0.25) is 0 Å². The van der Waals surface area contributed by atoms with Crippen LogP contribution in [-0.4, -0.2) is 5.11 Å². The standard InChI is InChI=1S/C14H12F4O2/c15-12-5-3-9(8-11(12)14(16,17)18)13(19)6-4-10-2-1-7-20-10/h1-3,5,7-8,13,19H,4,6H2. The molecule has 2 aromatic rings. The maximum atomic E-state index is 13.1. The summed E-state index contributed by atoms with van der Waals surface area (Å²) in [7, 11) is 0. The molecule has 0 spiro atoms. The minimum absolute atomic E-state index is 0.0327. The maximum absolute atomic E-state index is 13.1. The Morgan fingerprint density at radius 3 is 2.55 bits per heavy atom. The Hall–Kier alpha value is -1.82. The van der Waals surface area contributed by atoms with Crippen LogP contribution in [0.5, 0.6) is 0 Å². The van der Waals surface area contributed by atoms with Crippen molar-refractivity contribution in [1.29, 1.82) is 0 Å². The molecule has 0 saturated heterocycles. The SMILES string of the molecule is OC(CCc1ccco1)c1ccc(F)c(C(F)(F)F)c1. The molecule has 6 heteroatoms. The highest BCUT2D eigenvalue weighted by atomic mass is 19.4. The Morgan fingerprint density at radius 1 is 1.20 bits per heavy atom. The number of hydrogen-bond acceptors (Lipinski definition) is 2. The van der Waals surface area contributed by atoms with E-state index in [4.69, 9.17) is 4.42 Å². The highest BCUT2D eigenvalue weighted by Crippen LogP contribution is 2.33. The van der Waals surface area contributed by atoms with Gasteiger partial charge in [-0.3, -0.25) is 0 Å². The Morgan fingerprint density at radius 2 is 1.95 bits per heavy atom. The fourth-order valence-electron chi connectivity index (χ4n) is 1.87. The number of alkyl halides is 3. The number of aliphatic hydroxyl groups is 1. The number of aliphatic hydroxyl groups excluding tert-OH is 1. The summed E-state index contributed by atoms with van der Waals surface area (Å²) in [6, 6.07) is 5.90. The van der Waals surface area contributed by atoms with E-state index in [1.54, 1.807) is 12.1 Å². The van der Waals surface area contributed by atoms with E-state index in [0.29, 0.717) is 24.3 Å². The van der Waals surface area contributed by atoms with Gasteiger partial charge in [0.2, 0.25) is 0 Å². The van der Waals surface area contributed by atoms with Gasteiger partial charge in [-0.1, -0.05) is 6.07 Å². The smallest absolute Gasteiger partial charge is 0.419 e. The van der Waals surface area contributed by atoms with Gasteiger partial charge >= 0.3 is 6.18 Å². The van der Waals surface area contributed by atoms with E-state index in [1.807, 2.05) is 0 Å². The molecule has 0 amide bonds. The van der Waals surface area contributed by atoms with Crippen molar-refractivity contribution in [3.63, 3.8) is 0 Å². The monoisotopic (exact) mass is 288 g/mol. The number of aryl methyl sites for hydroxylation is 1. The van der Waals surface area contributed by atoms with Gasteiger partial charge in [-0.05, 0) is 36.2 Å². The first-order valence-electron chi connectivity index (χ1n) is 5.95. The zero-order valence-electron chi connectivity index (χ0n) is 10.3. The van der Waals surface area contributed by atoms with E-state index in [9.17, 15) is 22.7 Å². The molecule has 0 saturated carbocycles. The Bertz CT molecular complexity index is 561. The quantitative estimate of drug-likeness (QED) is 0.859. The molecule has 0 aliphatic heterocycles. The largest absolute Gasteiger partial charge is 0.469 e. The lowest BCUT2D eigenvalue weighted by molar-refractivity contribution is -0.140. The molecule has 0 radical (unpaired) electrons. The van der Waals surface area contributed by atoms with Crippen LogP contribution in [0.15, 0.2) is 41.0 Å². The molecule has 1 aromatic heterocycles. The molecular formula is C14H12F4O2. The Kier molecular flexibility index (Phi) is 4.13. The summed E-state index contributed by atoms with van der Waals surface area (Å²) < 4.78 is 55.9. The second-order valence-electron chi connectivity index (χ2n) is 4.37. The average Bonchev–Trinajstić information content (AvgIpc) is 2.88. The third-order valence-electron chi connectivity index (χ3n) is 2.92. The molecule has 20 heavy (non-hydrogen) atoms. The molecule has 108 valence electrons. The molecule has 1 heterocycles. The Labute approximate surface area is 112 Å². The third-order valence-corrected chi connectivity index (χ3v) is 2.92. The van der Waals surface area contributed by atoms with Crippen molar-refractivity contribution in [2.45, 2.75) is 25.1 Å². The van der Waals surface area contributed by atoms with Crippen molar-refractivity contribution in [1.82, 2.24) is 0 Å². The van der Waals surface area contributed by atoms with Crippen LogP contribution in [0.25, 0.3) is 0 Å². The highest BCUT2D eigenvalue weighted by Gasteiger charge is 2.34. The number of hydrogen-bond donors (Lipinski definition) is 1. The first-order chi connectivity index (χ1) is 9.38. The molecule has 0 aliphatic carbocycles. The molecule has 2 nitrogen and oxygen atoms in total. The predicted octanol–water partition coefficient (Wildman–Crippen LogP) is 4.10. The maximum Gasteiger partial charge on any atom is 0.419 e. The summed E-state index contributed by atoms with van der Waals surface area (Å²) >= 11 is 0. The zero-order valence-corrected chi connectivity index (χ0v) is 10.3. The second-order valence-corrected chi connectivity index (χ2v) is 4.37. The lowest BCUT2D eigenvalue weighted by Gasteiger charge is -2.14. The predicted molar refractivity (Wildman–Crippen MR) is 63.4 cm³/mol. The Balaban J connectivity index is 2.12. The van der Waals surface area contributed by atoms with Crippen molar-refractivity contribution < 1.29 is 27.1 Å². The van der Waals surface area contributed by atoms with Crippen molar-refractivity contribution in [2.75, 3.05) is 0 Å². The van der Waals surface area contributed by atoms with E-state index in [1.165, 1.54) is 6.26 Å². The van der Waals surface area contributed by atoms with Crippen LogP contribution in [0.3, 0.4) is 0 Å². The fourth-order valence-corrected chi connectivity index (χ4v) is 1.87. The van der Waals surface area contributed by atoms with E-state index in [2.05, 4.69) is 0 Å². The summed E-state index contributed by atoms with van der Waals surface area (Å²) in [6.45, 7) is 0. The second kappa shape index (κ2) is 5.66. The van der Waals surface area contributed by atoms with Gasteiger partial charge in [0, 0.05) is 6.42 Å². The van der Waals surface area contributed by atoms with Crippen LogP contribution in [-0.2, 0) is 12.6 Å². The lowest BCUT2D eigenvalue weighted by atomic mass is 10.0. The van der Waals surface area contributed by atoms with E-state index < -0.39 is 23.7 Å². The molecule has 2 rings (SSSR count). The van der Waals surface area contributed by atoms with Gasteiger partial charge in [0.15, 0.2) is 0 Å². The van der Waals surface area contributed by atoms with Crippen molar-refractivity contribution in [3.05, 3.63) is 59.3 Å². The van der Waals surface area contributed by atoms with E-state index in [0.717, 1.165) is 6.07 Å². The van der Waals surface area contributed by atoms with Crippen LogP contribution < -0.4 is 0 Å². The van der Waals surface area contributed by atoms with Crippen LogP contribution in [0.1, 0.15) is 29.4 Å². The highest BCUT2D eigenvalue weighted by molar-refractivity contribution is 5.28. The molecule has 0 bridgehead atoms. The van der Waals surface area contributed by atoms with Crippen molar-refractivity contribution in [2.24, 2.45) is 0 Å². The molecule has 1 N–H and O–H groups in total. The van der Waals surface area contributed by atoms with Crippen LogP contribution in [0, 0.1) is 5.82 Å². The molecular weight excluding hydrogens is 276 g/mol. The normalized spacial score (nSPS) is 13.4. The van der Waals surface area contributed by atoms with Crippen molar-refractivity contribution >= 4 is 0 Å². The minimum Gasteiger partial charge on any atom is -0.469 e. The number of benzene rings is 1. The fraction of sp³-hybridized carbons (Fsp3) is 0.286. The van der Waals surface area contributed by atoms with Crippen molar-refractivity contribution in [3.8, 4) is 0 Å². The summed E-state index contributed by atoms with van der Waals surface area (Å²) in [5, 5.41) is 9.87. The number of rotatable bonds is 4. The van der Waals surface area contributed by atoms with Gasteiger partial charge in [-0.15, -0.1) is 0 Å². The number of furan rings is 1. The third kappa shape index (κ3) is 3.39. The topological polar surface area (TPSA) is 33.4 Å². The van der Waals surface area contributed by atoms with Gasteiger partial charge < -0.3 is 9.52 Å². The zero-order chi connectivity index (χ0) is 14.8. The summed E-state index contributed by atoms with van der Waals surface area (Å²) in [6.07, 6.45) is -3.84. The first kappa shape index (κ1) is 14.6. The van der Waals surface area contributed by atoms with Crippen LogP contribution >= 0.6 is 0 Å². The van der Waals surface area contributed by atoms with E-state index >= 15 is 0 Å². The van der Waals surface area contributed by atoms with Gasteiger partial charge in [0.1, 0.15) is 11.6 Å². The molecule has 0 fully saturated rings. The van der Waals surface area contributed by atoms with Gasteiger partial charge in [-0.25, -0.2) is 4.39 Å². The number of halogens is 4. The summed E-state index contributed by atoms with van der Waals surface area (Å²) in [5.74, 6) is -0.721. The van der Waals surface area contributed by atoms with Crippen LogP contribution in [0.4, 0.5) is 17.6 Å². The molecule has 1 atom stereocenters. The van der Waals surface area contributed by atoms with Gasteiger partial charge in [0.05, 0.1) is 17.9 Å². The lowest BCUT2D eigenvalue weighted by Crippen LogP contribution is -2.10. The average molecular weight is 288 g/mol. The summed E-state index contributed by atoms with van der Waals surface area (Å²) in [4.78, 5) is 0. The van der Waals surface area contributed by atoms with Gasteiger partial charge in [0.25, 0.3) is 0 Å². The minimum atomic E-state index is -4.78. The molecule has 0 aliphatic rings. The van der Waals surface area contributed by atoms with E-state index in [-0.39, 0.29) is 12.0 Å². The molecule has 1 unspecified atom stereocenters.